The van der Waals surface area contributed by atoms with E-state index in [1.54, 1.807) is 0 Å². The van der Waals surface area contributed by atoms with Crippen LogP contribution in [0.4, 0.5) is 11.4 Å². The van der Waals surface area contributed by atoms with Gasteiger partial charge in [-0.15, -0.1) is 0 Å². The van der Waals surface area contributed by atoms with Crippen LogP contribution in [0.3, 0.4) is 0 Å². The van der Waals surface area contributed by atoms with Gasteiger partial charge < -0.3 is 29.6 Å². The molecule has 0 aliphatic carbocycles. The molecular weight excluding hydrogens is 384 g/mol. The number of rotatable bonds is 12. The van der Waals surface area contributed by atoms with Crippen LogP contribution >= 0.6 is 0 Å². The first-order valence-electron chi connectivity index (χ1n) is 10.4. The van der Waals surface area contributed by atoms with E-state index >= 15 is 0 Å². The summed E-state index contributed by atoms with van der Waals surface area (Å²) in [6.07, 6.45) is 2.35. The number of hydrogen-bond donors (Lipinski definition) is 2. The maximum Gasteiger partial charge on any atom is 0.243 e. The Hall–Kier alpha value is -2.77. The van der Waals surface area contributed by atoms with Crippen LogP contribution in [0.1, 0.15) is 19.8 Å². The maximum atomic E-state index is 12.2. The normalized spacial score (nSPS) is 15.6. The molecule has 7 nitrogen and oxygen atoms in total. The number of carbonyl (C=O) groups excluding carboxylic acids is 1. The smallest absolute Gasteiger partial charge is 0.243 e. The van der Waals surface area contributed by atoms with Crippen molar-refractivity contribution in [2.45, 2.75) is 25.9 Å². The van der Waals surface area contributed by atoms with Gasteiger partial charge in [0.2, 0.25) is 5.91 Å². The lowest BCUT2D eigenvalue weighted by Crippen LogP contribution is -2.21. The highest BCUT2D eigenvalue weighted by Crippen LogP contribution is 2.19. The van der Waals surface area contributed by atoms with Crippen LogP contribution in [0.2, 0.25) is 0 Å². The molecule has 0 saturated carbocycles. The SMILES string of the molecule is CCOCCOc1ccc(NC(=O)CNc2ccc(OCC3CCCO3)cc2)cc1. The van der Waals surface area contributed by atoms with Gasteiger partial charge in [0, 0.05) is 24.6 Å². The molecule has 1 amide bonds. The Morgan fingerprint density at radius 3 is 2.37 bits per heavy atom. The van der Waals surface area contributed by atoms with Crippen molar-refractivity contribution in [1.82, 2.24) is 0 Å². The molecule has 1 heterocycles. The molecule has 1 aliphatic rings. The number of anilines is 2. The fourth-order valence-corrected chi connectivity index (χ4v) is 3.02. The van der Waals surface area contributed by atoms with Crippen molar-refractivity contribution >= 4 is 17.3 Å². The van der Waals surface area contributed by atoms with Gasteiger partial charge in [0.05, 0.1) is 19.3 Å². The summed E-state index contributed by atoms with van der Waals surface area (Å²) in [6.45, 7) is 5.25. The van der Waals surface area contributed by atoms with Crippen LogP contribution in [0.5, 0.6) is 11.5 Å². The molecule has 2 aromatic rings. The van der Waals surface area contributed by atoms with Gasteiger partial charge >= 0.3 is 0 Å². The first-order valence-corrected chi connectivity index (χ1v) is 10.4. The Labute approximate surface area is 177 Å². The zero-order valence-corrected chi connectivity index (χ0v) is 17.4. The third kappa shape index (κ3) is 7.57. The van der Waals surface area contributed by atoms with Crippen molar-refractivity contribution in [1.29, 1.82) is 0 Å². The lowest BCUT2D eigenvalue weighted by atomic mass is 10.2. The van der Waals surface area contributed by atoms with Gasteiger partial charge in [-0.25, -0.2) is 0 Å². The highest BCUT2D eigenvalue weighted by molar-refractivity contribution is 5.93. The lowest BCUT2D eigenvalue weighted by Gasteiger charge is -2.12. The number of amides is 1. The van der Waals surface area contributed by atoms with Crippen molar-refractivity contribution in [2.75, 3.05) is 50.2 Å². The van der Waals surface area contributed by atoms with Crippen LogP contribution in [-0.4, -0.2) is 51.6 Å². The van der Waals surface area contributed by atoms with Crippen LogP contribution in [0.25, 0.3) is 0 Å². The van der Waals surface area contributed by atoms with Crippen molar-refractivity contribution in [3.8, 4) is 11.5 Å². The van der Waals surface area contributed by atoms with Gasteiger partial charge in [-0.1, -0.05) is 0 Å². The van der Waals surface area contributed by atoms with E-state index in [1.165, 1.54) is 0 Å². The number of nitrogens with one attached hydrogen (secondary N) is 2. The first-order chi connectivity index (χ1) is 14.7. The van der Waals surface area contributed by atoms with E-state index in [1.807, 2.05) is 55.5 Å². The Kier molecular flexibility index (Phi) is 8.80. The summed E-state index contributed by atoms with van der Waals surface area (Å²) in [7, 11) is 0. The minimum Gasteiger partial charge on any atom is -0.491 e. The Morgan fingerprint density at radius 2 is 1.70 bits per heavy atom. The topological polar surface area (TPSA) is 78.1 Å². The zero-order valence-electron chi connectivity index (χ0n) is 17.4. The van der Waals surface area contributed by atoms with E-state index in [9.17, 15) is 4.79 Å². The van der Waals surface area contributed by atoms with Crippen LogP contribution in [0.15, 0.2) is 48.5 Å². The maximum absolute atomic E-state index is 12.2. The monoisotopic (exact) mass is 414 g/mol. The van der Waals surface area contributed by atoms with Crippen LogP contribution in [0, 0.1) is 0 Å². The number of benzene rings is 2. The number of ether oxygens (including phenoxy) is 4. The molecule has 3 rings (SSSR count). The average Bonchev–Trinajstić information content (AvgIpc) is 3.29. The molecule has 0 aromatic heterocycles. The Balaban J connectivity index is 1.35. The van der Waals surface area contributed by atoms with Gasteiger partial charge in [0.25, 0.3) is 0 Å². The molecule has 0 radical (unpaired) electrons. The minimum atomic E-state index is -0.126. The third-order valence-electron chi connectivity index (χ3n) is 4.61. The summed E-state index contributed by atoms with van der Waals surface area (Å²) < 4.78 is 22.1. The number of carbonyl (C=O) groups is 1. The predicted molar refractivity (Wildman–Crippen MR) is 116 cm³/mol. The lowest BCUT2D eigenvalue weighted by molar-refractivity contribution is -0.114. The summed E-state index contributed by atoms with van der Waals surface area (Å²) in [4.78, 5) is 12.2. The molecule has 1 unspecified atom stereocenters. The van der Waals surface area contributed by atoms with Crippen molar-refractivity contribution in [3.63, 3.8) is 0 Å². The third-order valence-corrected chi connectivity index (χ3v) is 4.61. The van der Waals surface area contributed by atoms with Gasteiger partial charge in [0.1, 0.15) is 24.7 Å². The van der Waals surface area contributed by atoms with Crippen LogP contribution in [-0.2, 0) is 14.3 Å². The van der Waals surface area contributed by atoms with Crippen LogP contribution < -0.4 is 20.1 Å². The van der Waals surface area contributed by atoms with Gasteiger partial charge in [-0.05, 0) is 68.3 Å². The molecule has 1 aliphatic heterocycles. The standard InChI is InChI=1S/C23H30N2O5/c1-2-27-14-15-29-20-11-7-19(8-12-20)25-23(26)16-24-18-5-9-21(10-6-18)30-17-22-4-3-13-28-22/h5-12,22,24H,2-4,13-17H2,1H3,(H,25,26). The molecule has 162 valence electrons. The molecule has 0 bridgehead atoms. The minimum absolute atomic E-state index is 0.126. The molecule has 30 heavy (non-hydrogen) atoms. The molecule has 2 aromatic carbocycles. The van der Waals surface area contributed by atoms with E-state index in [0.717, 1.165) is 42.3 Å². The fraction of sp³-hybridized carbons (Fsp3) is 0.435. The van der Waals surface area contributed by atoms with Crippen molar-refractivity contribution in [2.24, 2.45) is 0 Å². The van der Waals surface area contributed by atoms with E-state index in [4.69, 9.17) is 18.9 Å². The number of hydrogen-bond acceptors (Lipinski definition) is 6. The summed E-state index contributed by atoms with van der Waals surface area (Å²) in [5.74, 6) is 1.41. The van der Waals surface area contributed by atoms with Crippen molar-refractivity contribution in [3.05, 3.63) is 48.5 Å². The van der Waals surface area contributed by atoms with E-state index in [0.29, 0.717) is 26.4 Å². The summed E-state index contributed by atoms with van der Waals surface area (Å²) >= 11 is 0. The first kappa shape index (κ1) is 21.9. The van der Waals surface area contributed by atoms with Gasteiger partial charge in [-0.3, -0.25) is 4.79 Å². The highest BCUT2D eigenvalue weighted by Gasteiger charge is 2.15. The Bertz CT molecular complexity index is 758. The molecule has 0 spiro atoms. The quantitative estimate of drug-likeness (QED) is 0.516. The summed E-state index contributed by atoms with van der Waals surface area (Å²) in [5.41, 5.74) is 1.57. The second kappa shape index (κ2) is 12.0. The van der Waals surface area contributed by atoms with Gasteiger partial charge in [-0.2, -0.15) is 0 Å². The van der Waals surface area contributed by atoms with Gasteiger partial charge in [0.15, 0.2) is 0 Å². The summed E-state index contributed by atoms with van der Waals surface area (Å²) in [6, 6.07) is 14.8. The second-order valence-electron chi connectivity index (χ2n) is 6.94. The highest BCUT2D eigenvalue weighted by atomic mass is 16.5. The largest absolute Gasteiger partial charge is 0.491 e. The zero-order chi connectivity index (χ0) is 21.0. The average molecular weight is 415 g/mol. The predicted octanol–water partition coefficient (Wildman–Crippen LogP) is 3.71. The molecule has 1 atom stereocenters. The second-order valence-corrected chi connectivity index (χ2v) is 6.94. The Morgan fingerprint density at radius 1 is 1.00 bits per heavy atom. The van der Waals surface area contributed by atoms with E-state index in [-0.39, 0.29) is 18.6 Å². The molecule has 2 N–H and O–H groups in total. The molecule has 1 fully saturated rings. The summed E-state index contributed by atoms with van der Waals surface area (Å²) in [5, 5.41) is 5.97. The van der Waals surface area contributed by atoms with Crippen molar-refractivity contribution < 1.29 is 23.7 Å². The fourth-order valence-electron chi connectivity index (χ4n) is 3.02. The molecule has 1 saturated heterocycles. The van der Waals surface area contributed by atoms with E-state index < -0.39 is 0 Å². The van der Waals surface area contributed by atoms with E-state index in [2.05, 4.69) is 10.6 Å². The molecular formula is C23H30N2O5. The molecule has 7 heteroatoms.